The fourth-order valence-corrected chi connectivity index (χ4v) is 2.92. The maximum atomic E-state index is 12.3. The first-order chi connectivity index (χ1) is 11.6. The number of aromatic hydroxyl groups is 1. The van der Waals surface area contributed by atoms with Crippen LogP contribution in [-0.4, -0.2) is 42.1 Å². The molecule has 1 aliphatic heterocycles. The molecule has 0 aromatic heterocycles. The van der Waals surface area contributed by atoms with Crippen molar-refractivity contribution in [2.45, 2.75) is 0 Å². The summed E-state index contributed by atoms with van der Waals surface area (Å²) in [6.45, 7) is 2.89. The van der Waals surface area contributed by atoms with Gasteiger partial charge in [-0.05, 0) is 42.0 Å². The molecule has 1 aliphatic rings. The summed E-state index contributed by atoms with van der Waals surface area (Å²) in [5.74, 6) is 0.262. The van der Waals surface area contributed by atoms with Gasteiger partial charge in [0.15, 0.2) is 0 Å². The van der Waals surface area contributed by atoms with E-state index >= 15 is 0 Å². The van der Waals surface area contributed by atoms with Crippen LogP contribution >= 0.6 is 11.6 Å². The molecule has 0 saturated carbocycles. The summed E-state index contributed by atoms with van der Waals surface area (Å²) in [4.78, 5) is 16.4. The van der Waals surface area contributed by atoms with Gasteiger partial charge in [0.25, 0.3) is 0 Å². The Bertz CT molecular complexity index is 735. The summed E-state index contributed by atoms with van der Waals surface area (Å²) in [6.07, 6.45) is 3.34. The minimum Gasteiger partial charge on any atom is -0.508 e. The number of benzene rings is 2. The minimum absolute atomic E-state index is 0.000255. The van der Waals surface area contributed by atoms with Crippen molar-refractivity contribution in [3.05, 3.63) is 65.2 Å². The predicted octanol–water partition coefficient (Wildman–Crippen LogP) is 3.41. The third kappa shape index (κ3) is 3.89. The Hall–Kier alpha value is -2.46. The van der Waals surface area contributed by atoms with E-state index < -0.39 is 0 Å². The van der Waals surface area contributed by atoms with Gasteiger partial charge in [-0.2, -0.15) is 0 Å². The van der Waals surface area contributed by atoms with Gasteiger partial charge in [-0.15, -0.1) is 0 Å². The number of carbonyl (C=O) groups excluding carboxylic acids is 1. The molecule has 2 aromatic rings. The molecule has 1 fully saturated rings. The van der Waals surface area contributed by atoms with Crippen LogP contribution in [0.1, 0.15) is 5.56 Å². The zero-order chi connectivity index (χ0) is 16.9. The number of rotatable bonds is 3. The number of piperazine rings is 1. The number of carbonyl (C=O) groups is 1. The molecule has 1 saturated heterocycles. The van der Waals surface area contributed by atoms with Gasteiger partial charge in [0, 0.05) is 43.0 Å². The Kier molecular flexibility index (Phi) is 5.06. The van der Waals surface area contributed by atoms with Crippen molar-refractivity contribution in [2.75, 3.05) is 31.1 Å². The molecule has 1 amide bonds. The lowest BCUT2D eigenvalue weighted by molar-refractivity contribution is -0.126. The number of anilines is 1. The molecule has 2 aromatic carbocycles. The van der Waals surface area contributed by atoms with E-state index in [-0.39, 0.29) is 11.7 Å². The highest BCUT2D eigenvalue weighted by Crippen LogP contribution is 2.20. The smallest absolute Gasteiger partial charge is 0.246 e. The van der Waals surface area contributed by atoms with E-state index in [1.807, 2.05) is 41.3 Å². The lowest BCUT2D eigenvalue weighted by atomic mass is 10.2. The van der Waals surface area contributed by atoms with Crippen molar-refractivity contribution < 1.29 is 9.90 Å². The molecule has 3 rings (SSSR count). The highest BCUT2D eigenvalue weighted by atomic mass is 35.5. The first-order valence-corrected chi connectivity index (χ1v) is 8.27. The Labute approximate surface area is 146 Å². The van der Waals surface area contributed by atoms with E-state index in [2.05, 4.69) is 4.90 Å². The molecule has 0 aliphatic carbocycles. The van der Waals surface area contributed by atoms with Gasteiger partial charge in [0.2, 0.25) is 5.91 Å². The lowest BCUT2D eigenvalue weighted by Crippen LogP contribution is -2.48. The van der Waals surface area contributed by atoms with Crippen molar-refractivity contribution >= 4 is 29.3 Å². The van der Waals surface area contributed by atoms with Gasteiger partial charge >= 0.3 is 0 Å². The van der Waals surface area contributed by atoms with Crippen LogP contribution in [0.4, 0.5) is 5.69 Å². The number of halogens is 1. The van der Waals surface area contributed by atoms with Crippen LogP contribution in [-0.2, 0) is 4.79 Å². The van der Waals surface area contributed by atoms with E-state index in [0.29, 0.717) is 18.1 Å². The van der Waals surface area contributed by atoms with Crippen LogP contribution in [0.15, 0.2) is 54.6 Å². The number of phenols is 1. The molecule has 1 heterocycles. The Morgan fingerprint density at radius 2 is 1.67 bits per heavy atom. The molecule has 124 valence electrons. The zero-order valence-corrected chi connectivity index (χ0v) is 14.0. The molecule has 5 heteroatoms. The highest BCUT2D eigenvalue weighted by Gasteiger charge is 2.19. The number of hydrogen-bond donors (Lipinski definition) is 1. The van der Waals surface area contributed by atoms with Gasteiger partial charge in [0.05, 0.1) is 0 Å². The largest absolute Gasteiger partial charge is 0.508 e. The Morgan fingerprint density at radius 1 is 1.00 bits per heavy atom. The second-order valence-electron chi connectivity index (χ2n) is 5.68. The van der Waals surface area contributed by atoms with E-state index in [9.17, 15) is 9.90 Å². The van der Waals surface area contributed by atoms with E-state index in [1.54, 1.807) is 24.3 Å². The van der Waals surface area contributed by atoms with Crippen molar-refractivity contribution in [3.8, 4) is 5.75 Å². The number of nitrogens with zero attached hydrogens (tertiary/aromatic N) is 2. The monoisotopic (exact) mass is 342 g/mol. The topological polar surface area (TPSA) is 43.8 Å². The van der Waals surface area contributed by atoms with Gasteiger partial charge in [-0.1, -0.05) is 29.8 Å². The third-order valence-corrected chi connectivity index (χ3v) is 4.46. The quantitative estimate of drug-likeness (QED) is 0.869. The molecule has 4 nitrogen and oxygen atoms in total. The molecule has 0 bridgehead atoms. The van der Waals surface area contributed by atoms with Crippen molar-refractivity contribution in [3.63, 3.8) is 0 Å². The second-order valence-corrected chi connectivity index (χ2v) is 6.09. The SMILES string of the molecule is O=C(C=Cc1ccccc1Cl)N1CCN(c2ccc(O)cc2)CC1. The molecule has 0 atom stereocenters. The zero-order valence-electron chi connectivity index (χ0n) is 13.2. The van der Waals surface area contributed by atoms with Crippen LogP contribution < -0.4 is 4.90 Å². The summed E-state index contributed by atoms with van der Waals surface area (Å²) in [5, 5.41) is 9.99. The van der Waals surface area contributed by atoms with Gasteiger partial charge in [-0.25, -0.2) is 0 Å². The molecule has 24 heavy (non-hydrogen) atoms. The summed E-state index contributed by atoms with van der Waals surface area (Å²) in [5.41, 5.74) is 1.90. The maximum absolute atomic E-state index is 12.3. The summed E-state index contributed by atoms with van der Waals surface area (Å²) >= 11 is 6.09. The highest BCUT2D eigenvalue weighted by molar-refractivity contribution is 6.32. The van der Waals surface area contributed by atoms with Crippen molar-refractivity contribution in [2.24, 2.45) is 0 Å². The number of phenolic OH excluding ortho intramolecular Hbond substituents is 1. The van der Waals surface area contributed by atoms with Crippen LogP contribution in [0.5, 0.6) is 5.75 Å². The van der Waals surface area contributed by atoms with Crippen molar-refractivity contribution in [1.82, 2.24) is 4.90 Å². The number of hydrogen-bond acceptors (Lipinski definition) is 3. The third-order valence-electron chi connectivity index (χ3n) is 4.12. The van der Waals surface area contributed by atoms with E-state index in [1.165, 1.54) is 0 Å². The van der Waals surface area contributed by atoms with Crippen LogP contribution in [0, 0.1) is 0 Å². The second kappa shape index (κ2) is 7.41. The first-order valence-electron chi connectivity index (χ1n) is 7.89. The molecular weight excluding hydrogens is 324 g/mol. The van der Waals surface area contributed by atoms with Gasteiger partial charge < -0.3 is 14.9 Å². The normalized spacial score (nSPS) is 15.0. The molecule has 1 N–H and O–H groups in total. The molecule has 0 radical (unpaired) electrons. The van der Waals surface area contributed by atoms with E-state index in [4.69, 9.17) is 11.6 Å². The van der Waals surface area contributed by atoms with Crippen molar-refractivity contribution in [1.29, 1.82) is 0 Å². The van der Waals surface area contributed by atoms with Gasteiger partial charge in [0.1, 0.15) is 5.75 Å². The minimum atomic E-state index is 0.000255. The average Bonchev–Trinajstić information content (AvgIpc) is 2.62. The Morgan fingerprint density at radius 3 is 2.33 bits per heavy atom. The molecule has 0 unspecified atom stereocenters. The standard InChI is InChI=1S/C19H19ClN2O2/c20-18-4-2-1-3-15(18)5-10-19(24)22-13-11-21(12-14-22)16-6-8-17(23)9-7-16/h1-10,23H,11-14H2. The van der Waals surface area contributed by atoms with E-state index in [0.717, 1.165) is 24.3 Å². The van der Waals surface area contributed by atoms with Gasteiger partial charge in [-0.3, -0.25) is 4.79 Å². The molecular formula is C19H19ClN2O2. The lowest BCUT2D eigenvalue weighted by Gasteiger charge is -2.35. The summed E-state index contributed by atoms with van der Waals surface area (Å²) in [7, 11) is 0. The fraction of sp³-hybridized carbons (Fsp3) is 0.211. The summed E-state index contributed by atoms with van der Waals surface area (Å²) < 4.78 is 0. The average molecular weight is 343 g/mol. The number of amides is 1. The summed E-state index contributed by atoms with van der Waals surface area (Å²) in [6, 6.07) is 14.6. The predicted molar refractivity (Wildman–Crippen MR) is 97.4 cm³/mol. The van der Waals surface area contributed by atoms with Crippen LogP contribution in [0.3, 0.4) is 0 Å². The molecule has 0 spiro atoms. The Balaban J connectivity index is 1.57. The van der Waals surface area contributed by atoms with Crippen LogP contribution in [0.2, 0.25) is 5.02 Å². The fourth-order valence-electron chi connectivity index (χ4n) is 2.73. The first kappa shape index (κ1) is 16.4. The maximum Gasteiger partial charge on any atom is 0.246 e. The van der Waals surface area contributed by atoms with Crippen LogP contribution in [0.25, 0.3) is 6.08 Å².